The van der Waals surface area contributed by atoms with Gasteiger partial charge >= 0.3 is 7.82 Å². The SMILES string of the molecule is CCCCCCCCCCCCCCCC/C=C/[C@@H](O)[C@H](COP(=O)(O)OCCN)NC(=O)CCCCCCCCCCCCC. The van der Waals surface area contributed by atoms with E-state index < -0.39 is 20.0 Å². The van der Waals surface area contributed by atoms with Crippen LogP contribution in [0.4, 0.5) is 0 Å². The predicted octanol–water partition coefficient (Wildman–Crippen LogP) is 10.1. The van der Waals surface area contributed by atoms with Crippen LogP contribution >= 0.6 is 7.82 Å². The lowest BCUT2D eigenvalue weighted by Crippen LogP contribution is -2.45. The number of hydrogen-bond donors (Lipinski definition) is 4. The standard InChI is InChI=1S/C37H75N2O6P/c1-3-5-7-9-11-13-15-16-17-18-19-21-22-24-26-28-30-36(40)35(34-45-46(42,43)44-33-32-38)39-37(41)31-29-27-25-23-20-14-12-10-8-6-4-2/h28,30,35-36,40H,3-27,29,31-34,38H2,1-2H3,(H,39,41)(H,42,43)/b30-28+/t35-,36+/m0/s1. The van der Waals surface area contributed by atoms with Crippen molar-refractivity contribution in [3.8, 4) is 0 Å². The number of rotatable bonds is 36. The molecule has 46 heavy (non-hydrogen) atoms. The van der Waals surface area contributed by atoms with Crippen LogP contribution in [-0.2, 0) is 18.4 Å². The third kappa shape index (κ3) is 31.8. The molecule has 0 spiro atoms. The van der Waals surface area contributed by atoms with Gasteiger partial charge < -0.3 is 21.1 Å². The molecule has 0 bridgehead atoms. The molecule has 0 aromatic carbocycles. The van der Waals surface area contributed by atoms with Crippen molar-refractivity contribution in [1.29, 1.82) is 0 Å². The highest BCUT2D eigenvalue weighted by Gasteiger charge is 2.26. The third-order valence-corrected chi connectivity index (χ3v) is 9.60. The van der Waals surface area contributed by atoms with Crippen molar-refractivity contribution in [2.45, 2.75) is 199 Å². The highest BCUT2D eigenvalue weighted by molar-refractivity contribution is 7.47. The molecule has 274 valence electrons. The largest absolute Gasteiger partial charge is 0.472 e. The molecule has 0 saturated carbocycles. The zero-order valence-corrected chi connectivity index (χ0v) is 31.0. The third-order valence-electron chi connectivity index (χ3n) is 8.61. The zero-order valence-electron chi connectivity index (χ0n) is 30.1. The Kier molecular flexibility index (Phi) is 33.6. The van der Waals surface area contributed by atoms with Gasteiger partial charge in [0.05, 0.1) is 25.4 Å². The molecule has 0 saturated heterocycles. The minimum atomic E-state index is -4.32. The van der Waals surface area contributed by atoms with Crippen molar-refractivity contribution in [2.24, 2.45) is 5.73 Å². The fraction of sp³-hybridized carbons (Fsp3) is 0.919. The molecule has 0 aliphatic carbocycles. The van der Waals surface area contributed by atoms with Gasteiger partial charge in [-0.05, 0) is 19.3 Å². The second kappa shape index (κ2) is 34.1. The number of nitrogens with two attached hydrogens (primary N) is 1. The molecule has 0 fully saturated rings. The van der Waals surface area contributed by atoms with Gasteiger partial charge in [0.2, 0.25) is 5.91 Å². The second-order valence-electron chi connectivity index (χ2n) is 13.1. The lowest BCUT2D eigenvalue weighted by atomic mass is 10.0. The Bertz CT molecular complexity index is 739. The van der Waals surface area contributed by atoms with Crippen LogP contribution in [0.25, 0.3) is 0 Å². The molecule has 5 N–H and O–H groups in total. The quantitative estimate of drug-likeness (QED) is 0.0295. The van der Waals surface area contributed by atoms with E-state index in [1.807, 2.05) is 6.08 Å². The molecule has 0 rings (SSSR count). The van der Waals surface area contributed by atoms with E-state index in [1.165, 1.54) is 128 Å². The normalized spacial score (nSPS) is 14.5. The number of allylic oxidation sites excluding steroid dienone is 1. The number of amides is 1. The fourth-order valence-corrected chi connectivity index (χ4v) is 6.42. The summed E-state index contributed by atoms with van der Waals surface area (Å²) in [6.45, 7) is 4.12. The van der Waals surface area contributed by atoms with Crippen LogP contribution < -0.4 is 11.1 Å². The molecule has 0 aromatic rings. The van der Waals surface area contributed by atoms with Crippen molar-refractivity contribution in [3.05, 3.63) is 12.2 Å². The molecule has 0 heterocycles. The number of phosphoric acid groups is 1. The molecule has 0 aromatic heterocycles. The summed E-state index contributed by atoms with van der Waals surface area (Å²) in [5.74, 6) is -0.195. The monoisotopic (exact) mass is 675 g/mol. The summed E-state index contributed by atoms with van der Waals surface area (Å²) >= 11 is 0. The number of carbonyl (C=O) groups excluding carboxylic acids is 1. The van der Waals surface area contributed by atoms with Gasteiger partial charge in [0.15, 0.2) is 0 Å². The second-order valence-corrected chi connectivity index (χ2v) is 14.6. The number of unbranched alkanes of at least 4 members (excludes halogenated alkanes) is 24. The first-order valence-corrected chi connectivity index (χ1v) is 20.8. The van der Waals surface area contributed by atoms with E-state index in [4.69, 9.17) is 14.8 Å². The minimum Gasteiger partial charge on any atom is -0.387 e. The molecule has 9 heteroatoms. The molecule has 1 unspecified atom stereocenters. The Morgan fingerprint density at radius 3 is 1.54 bits per heavy atom. The molecule has 8 nitrogen and oxygen atoms in total. The summed E-state index contributed by atoms with van der Waals surface area (Å²) in [5, 5.41) is 13.6. The van der Waals surface area contributed by atoms with Crippen LogP contribution in [0.1, 0.15) is 187 Å². The molecule has 3 atom stereocenters. The van der Waals surface area contributed by atoms with Crippen molar-refractivity contribution in [2.75, 3.05) is 19.8 Å². The summed E-state index contributed by atoms with van der Waals surface area (Å²) in [7, 11) is -4.32. The van der Waals surface area contributed by atoms with Gasteiger partial charge in [-0.25, -0.2) is 4.57 Å². The highest BCUT2D eigenvalue weighted by atomic mass is 31.2. The first kappa shape index (κ1) is 45.2. The molecule has 0 aliphatic heterocycles. The Morgan fingerprint density at radius 1 is 0.696 bits per heavy atom. The molecule has 0 radical (unpaired) electrons. The summed E-state index contributed by atoms with van der Waals surface area (Å²) in [6.07, 6.45) is 35.4. The lowest BCUT2D eigenvalue weighted by molar-refractivity contribution is -0.123. The predicted molar refractivity (Wildman–Crippen MR) is 194 cm³/mol. The first-order valence-electron chi connectivity index (χ1n) is 19.3. The smallest absolute Gasteiger partial charge is 0.387 e. The topological polar surface area (TPSA) is 131 Å². The number of aliphatic hydroxyl groups is 1. The Morgan fingerprint density at radius 2 is 1.11 bits per heavy atom. The zero-order chi connectivity index (χ0) is 34.0. The number of phosphoric ester groups is 1. The summed E-state index contributed by atoms with van der Waals surface area (Å²) < 4.78 is 22.0. The van der Waals surface area contributed by atoms with Crippen LogP contribution in [0.5, 0.6) is 0 Å². The van der Waals surface area contributed by atoms with Crippen LogP contribution in [0.2, 0.25) is 0 Å². The fourth-order valence-electron chi connectivity index (χ4n) is 5.66. The summed E-state index contributed by atoms with van der Waals surface area (Å²) in [5.41, 5.74) is 5.35. The van der Waals surface area contributed by atoms with E-state index in [1.54, 1.807) is 6.08 Å². The van der Waals surface area contributed by atoms with Crippen LogP contribution in [0, 0.1) is 0 Å². The molecule has 0 aliphatic rings. The lowest BCUT2D eigenvalue weighted by Gasteiger charge is -2.23. The van der Waals surface area contributed by atoms with E-state index in [2.05, 4.69) is 19.2 Å². The Balaban J connectivity index is 4.28. The average Bonchev–Trinajstić information content (AvgIpc) is 3.04. The Labute approximate surface area is 284 Å². The van der Waals surface area contributed by atoms with Crippen molar-refractivity contribution in [1.82, 2.24) is 5.32 Å². The van der Waals surface area contributed by atoms with Gasteiger partial charge in [-0.3, -0.25) is 13.8 Å². The number of aliphatic hydroxyl groups excluding tert-OH is 1. The maximum absolute atomic E-state index is 12.7. The van der Waals surface area contributed by atoms with Crippen molar-refractivity contribution in [3.63, 3.8) is 0 Å². The van der Waals surface area contributed by atoms with Gasteiger partial charge in [-0.15, -0.1) is 0 Å². The van der Waals surface area contributed by atoms with Crippen molar-refractivity contribution < 1.29 is 28.4 Å². The number of hydrogen-bond acceptors (Lipinski definition) is 6. The number of nitrogens with one attached hydrogen (secondary N) is 1. The van der Waals surface area contributed by atoms with Crippen LogP contribution in [-0.4, -0.2) is 47.8 Å². The molecular formula is C37H75N2O6P. The average molecular weight is 675 g/mol. The molecular weight excluding hydrogens is 599 g/mol. The van der Waals surface area contributed by atoms with E-state index in [9.17, 15) is 19.4 Å². The van der Waals surface area contributed by atoms with Crippen molar-refractivity contribution >= 4 is 13.7 Å². The Hall–Kier alpha value is -0.760. The summed E-state index contributed by atoms with van der Waals surface area (Å²) in [4.78, 5) is 22.6. The van der Waals surface area contributed by atoms with Gasteiger partial charge in [-0.1, -0.05) is 174 Å². The minimum absolute atomic E-state index is 0.0810. The van der Waals surface area contributed by atoms with E-state index in [-0.39, 0.29) is 25.7 Å². The first-order chi connectivity index (χ1) is 22.4. The van der Waals surface area contributed by atoms with Crippen LogP contribution in [0.3, 0.4) is 0 Å². The van der Waals surface area contributed by atoms with E-state index in [0.717, 1.165) is 38.5 Å². The van der Waals surface area contributed by atoms with Gasteiger partial charge in [0.1, 0.15) is 0 Å². The van der Waals surface area contributed by atoms with E-state index in [0.29, 0.717) is 6.42 Å². The molecule has 1 amide bonds. The highest BCUT2D eigenvalue weighted by Crippen LogP contribution is 2.43. The van der Waals surface area contributed by atoms with E-state index >= 15 is 0 Å². The maximum Gasteiger partial charge on any atom is 0.472 e. The van der Waals surface area contributed by atoms with Gasteiger partial charge in [0.25, 0.3) is 0 Å². The van der Waals surface area contributed by atoms with Gasteiger partial charge in [-0.2, -0.15) is 0 Å². The number of carbonyl (C=O) groups is 1. The van der Waals surface area contributed by atoms with Crippen LogP contribution in [0.15, 0.2) is 12.2 Å². The summed E-state index contributed by atoms with van der Waals surface area (Å²) in [6, 6.07) is -0.852. The maximum atomic E-state index is 12.7. The van der Waals surface area contributed by atoms with Gasteiger partial charge in [0, 0.05) is 13.0 Å².